The van der Waals surface area contributed by atoms with Crippen LogP contribution in [-0.4, -0.2) is 37.6 Å². The fourth-order valence-electron chi connectivity index (χ4n) is 2.88. The highest BCUT2D eigenvalue weighted by atomic mass is 15.3. The number of benzene rings is 1. The highest BCUT2D eigenvalue weighted by Gasteiger charge is 2.18. The van der Waals surface area contributed by atoms with Gasteiger partial charge in [-0.05, 0) is 37.9 Å². The second-order valence-corrected chi connectivity index (χ2v) is 5.42. The number of unbranched alkanes of at least 4 members (excludes halogenated alkanes) is 1. The minimum atomic E-state index is 1.18. The minimum Gasteiger partial charge on any atom is -0.369 e. The molecule has 22 heavy (non-hydrogen) atoms. The third-order valence-corrected chi connectivity index (χ3v) is 3.96. The van der Waals surface area contributed by atoms with Gasteiger partial charge in [0.25, 0.3) is 0 Å². The van der Waals surface area contributed by atoms with Gasteiger partial charge in [0, 0.05) is 31.9 Å². The van der Waals surface area contributed by atoms with E-state index in [2.05, 4.69) is 48.8 Å². The molecule has 0 amide bonds. The van der Waals surface area contributed by atoms with Crippen molar-refractivity contribution >= 4 is 5.69 Å². The average molecular weight is 307 g/mol. The molecule has 1 aromatic rings. The van der Waals surface area contributed by atoms with Crippen LogP contribution in [-0.2, 0) is 0 Å². The number of aryl methyl sites for hydroxylation is 2. The van der Waals surface area contributed by atoms with Gasteiger partial charge in [-0.3, -0.25) is 4.90 Å². The summed E-state index contributed by atoms with van der Waals surface area (Å²) in [4.78, 5) is 5.17. The van der Waals surface area contributed by atoms with E-state index in [1.54, 1.807) is 0 Å². The summed E-state index contributed by atoms with van der Waals surface area (Å²) in [5, 5.41) is 0. The van der Waals surface area contributed by atoms with Crippen LogP contribution in [0.1, 0.15) is 58.6 Å². The van der Waals surface area contributed by atoms with Crippen molar-refractivity contribution in [2.45, 2.75) is 61.3 Å². The number of nitrogens with zero attached hydrogens (tertiary/aromatic N) is 2. The van der Waals surface area contributed by atoms with E-state index in [1.165, 1.54) is 62.4 Å². The standard InChI is InChI=1S/C16H26N2.2C2H6/c1-4-5-9-17-10-12-18(13-11-17)16-14(2)7-6-8-15(16)3;2*1-2/h6-8H,4-5,9-13H2,1-3H3;2*1-2H3. The molecular weight excluding hydrogens is 268 g/mol. The topological polar surface area (TPSA) is 6.48 Å². The van der Waals surface area contributed by atoms with Crippen molar-refractivity contribution < 1.29 is 0 Å². The van der Waals surface area contributed by atoms with Crippen LogP contribution in [0.2, 0.25) is 0 Å². The van der Waals surface area contributed by atoms with E-state index in [0.717, 1.165) is 0 Å². The van der Waals surface area contributed by atoms with Gasteiger partial charge in [0.05, 0.1) is 0 Å². The Bertz CT molecular complexity index is 359. The molecule has 1 saturated heterocycles. The summed E-state index contributed by atoms with van der Waals surface area (Å²) in [5.74, 6) is 0. The molecule has 0 aliphatic carbocycles. The van der Waals surface area contributed by atoms with Crippen molar-refractivity contribution in [2.24, 2.45) is 0 Å². The maximum atomic E-state index is 2.60. The van der Waals surface area contributed by atoms with Crippen LogP contribution in [0.5, 0.6) is 0 Å². The van der Waals surface area contributed by atoms with Gasteiger partial charge >= 0.3 is 0 Å². The zero-order chi connectivity index (χ0) is 17.0. The van der Waals surface area contributed by atoms with E-state index < -0.39 is 0 Å². The van der Waals surface area contributed by atoms with E-state index in [4.69, 9.17) is 0 Å². The Morgan fingerprint density at radius 3 is 1.82 bits per heavy atom. The highest BCUT2D eigenvalue weighted by molar-refractivity contribution is 5.59. The van der Waals surface area contributed by atoms with Crippen molar-refractivity contribution in [3.05, 3.63) is 29.3 Å². The largest absolute Gasteiger partial charge is 0.369 e. The SMILES string of the molecule is CC.CC.CCCCN1CCN(c2c(C)cccc2C)CC1. The smallest absolute Gasteiger partial charge is 0.0426 e. The van der Waals surface area contributed by atoms with Crippen LogP contribution in [0.4, 0.5) is 5.69 Å². The fraction of sp³-hybridized carbons (Fsp3) is 0.700. The maximum Gasteiger partial charge on any atom is 0.0426 e. The summed E-state index contributed by atoms with van der Waals surface area (Å²) < 4.78 is 0. The van der Waals surface area contributed by atoms with Gasteiger partial charge in [-0.25, -0.2) is 0 Å². The third kappa shape index (κ3) is 6.39. The number of hydrogen-bond acceptors (Lipinski definition) is 2. The van der Waals surface area contributed by atoms with Gasteiger partial charge < -0.3 is 4.90 Å². The summed E-state index contributed by atoms with van der Waals surface area (Å²) in [6, 6.07) is 6.61. The summed E-state index contributed by atoms with van der Waals surface area (Å²) in [6.45, 7) is 20.8. The first-order chi connectivity index (χ1) is 10.7. The van der Waals surface area contributed by atoms with Crippen LogP contribution >= 0.6 is 0 Å². The highest BCUT2D eigenvalue weighted by Crippen LogP contribution is 2.25. The van der Waals surface area contributed by atoms with Crippen molar-refractivity contribution in [2.75, 3.05) is 37.6 Å². The van der Waals surface area contributed by atoms with Crippen LogP contribution in [0, 0.1) is 13.8 Å². The summed E-state index contributed by atoms with van der Waals surface area (Å²) in [6.07, 6.45) is 2.64. The molecule has 1 fully saturated rings. The Morgan fingerprint density at radius 2 is 1.36 bits per heavy atom. The summed E-state index contributed by atoms with van der Waals surface area (Å²) in [7, 11) is 0. The van der Waals surface area contributed by atoms with Crippen LogP contribution in [0.3, 0.4) is 0 Å². The summed E-state index contributed by atoms with van der Waals surface area (Å²) in [5.41, 5.74) is 4.29. The Balaban J connectivity index is 0.00000102. The molecule has 1 aliphatic heterocycles. The lowest BCUT2D eigenvalue weighted by molar-refractivity contribution is 0.254. The van der Waals surface area contributed by atoms with E-state index in [0.29, 0.717) is 0 Å². The molecule has 0 N–H and O–H groups in total. The first-order valence-electron chi connectivity index (χ1n) is 9.26. The molecule has 0 radical (unpaired) electrons. The second kappa shape index (κ2) is 12.5. The lowest BCUT2D eigenvalue weighted by atomic mass is 10.1. The zero-order valence-corrected chi connectivity index (χ0v) is 16.1. The molecule has 0 saturated carbocycles. The Labute approximate surface area is 139 Å². The van der Waals surface area contributed by atoms with Crippen LogP contribution in [0.15, 0.2) is 18.2 Å². The van der Waals surface area contributed by atoms with Gasteiger partial charge in [0.2, 0.25) is 0 Å². The molecule has 128 valence electrons. The Morgan fingerprint density at radius 1 is 0.864 bits per heavy atom. The number of para-hydroxylation sites is 1. The van der Waals surface area contributed by atoms with E-state index in [1.807, 2.05) is 27.7 Å². The zero-order valence-electron chi connectivity index (χ0n) is 16.1. The number of hydrogen-bond donors (Lipinski definition) is 0. The van der Waals surface area contributed by atoms with Crippen molar-refractivity contribution in [1.82, 2.24) is 4.90 Å². The average Bonchev–Trinajstić information content (AvgIpc) is 2.57. The van der Waals surface area contributed by atoms with Gasteiger partial charge in [-0.2, -0.15) is 0 Å². The molecule has 0 unspecified atom stereocenters. The molecule has 2 nitrogen and oxygen atoms in total. The molecule has 1 aromatic carbocycles. The predicted molar refractivity (Wildman–Crippen MR) is 102 cm³/mol. The molecule has 2 rings (SSSR count). The Kier molecular flexibility index (Phi) is 11.9. The molecule has 0 aromatic heterocycles. The molecule has 1 aliphatic rings. The first-order valence-corrected chi connectivity index (χ1v) is 9.26. The summed E-state index contributed by atoms with van der Waals surface area (Å²) >= 11 is 0. The van der Waals surface area contributed by atoms with Crippen LogP contribution < -0.4 is 4.90 Å². The molecular formula is C20H38N2. The van der Waals surface area contributed by atoms with Gasteiger partial charge in [0.1, 0.15) is 0 Å². The molecule has 0 bridgehead atoms. The maximum absolute atomic E-state index is 2.60. The number of piperazine rings is 1. The lowest BCUT2D eigenvalue weighted by Crippen LogP contribution is -2.47. The van der Waals surface area contributed by atoms with Crippen molar-refractivity contribution in [3.8, 4) is 0 Å². The predicted octanol–water partition coefficient (Wildman–Crippen LogP) is 5.28. The quantitative estimate of drug-likeness (QED) is 0.747. The number of anilines is 1. The third-order valence-electron chi connectivity index (χ3n) is 3.96. The monoisotopic (exact) mass is 306 g/mol. The molecule has 0 spiro atoms. The minimum absolute atomic E-state index is 1.18. The lowest BCUT2D eigenvalue weighted by Gasteiger charge is -2.37. The first kappa shape index (κ1) is 21.0. The fourth-order valence-corrected chi connectivity index (χ4v) is 2.88. The van der Waals surface area contributed by atoms with Gasteiger partial charge in [-0.15, -0.1) is 0 Å². The molecule has 2 heteroatoms. The van der Waals surface area contributed by atoms with E-state index in [9.17, 15) is 0 Å². The van der Waals surface area contributed by atoms with Gasteiger partial charge in [-0.1, -0.05) is 59.2 Å². The van der Waals surface area contributed by atoms with Crippen molar-refractivity contribution in [1.29, 1.82) is 0 Å². The normalized spacial score (nSPS) is 14.6. The van der Waals surface area contributed by atoms with E-state index in [-0.39, 0.29) is 0 Å². The number of rotatable bonds is 4. The molecule has 0 atom stereocenters. The van der Waals surface area contributed by atoms with Gasteiger partial charge in [0.15, 0.2) is 0 Å². The second-order valence-electron chi connectivity index (χ2n) is 5.42. The Hall–Kier alpha value is -1.02. The van der Waals surface area contributed by atoms with Crippen molar-refractivity contribution in [3.63, 3.8) is 0 Å². The van der Waals surface area contributed by atoms with Crippen LogP contribution in [0.25, 0.3) is 0 Å². The molecule has 1 heterocycles. The van der Waals surface area contributed by atoms with E-state index >= 15 is 0 Å².